The van der Waals surface area contributed by atoms with E-state index in [0.29, 0.717) is 30.3 Å². The van der Waals surface area contributed by atoms with Gasteiger partial charge >= 0.3 is 6.03 Å². The average molecular weight is 378 g/mol. The van der Waals surface area contributed by atoms with Crippen molar-refractivity contribution in [3.63, 3.8) is 0 Å². The van der Waals surface area contributed by atoms with Gasteiger partial charge in [0.2, 0.25) is 5.91 Å². The van der Waals surface area contributed by atoms with Crippen LogP contribution in [0.15, 0.2) is 24.3 Å². The fourth-order valence-electron chi connectivity index (χ4n) is 3.62. The Balaban J connectivity index is 1.62. The number of imide groups is 1. The molecule has 140 valence electrons. The standard InChI is InChI=1S/C19H24ClN3O3/c1-13-7-9-19(10-8-13)17(25)23(18(26)21-19)12-16(24)22(2)11-14-3-5-15(20)6-4-14/h3-6,13H,7-12H2,1-2H3,(H,21,26). The molecule has 1 aromatic rings. The molecule has 1 saturated carbocycles. The van der Waals surface area contributed by atoms with Crippen LogP contribution in [-0.4, -0.2) is 46.8 Å². The Morgan fingerprint density at radius 2 is 1.88 bits per heavy atom. The van der Waals surface area contributed by atoms with Crippen LogP contribution in [0, 0.1) is 5.92 Å². The summed E-state index contributed by atoms with van der Waals surface area (Å²) in [5, 5.41) is 3.48. The number of carbonyl (C=O) groups excluding carboxylic acids is 3. The van der Waals surface area contributed by atoms with Gasteiger partial charge in [0, 0.05) is 18.6 Å². The molecule has 1 aliphatic carbocycles. The molecule has 1 spiro atoms. The third-order valence-corrected chi connectivity index (χ3v) is 5.68. The Morgan fingerprint density at radius 3 is 2.50 bits per heavy atom. The fourth-order valence-corrected chi connectivity index (χ4v) is 3.75. The van der Waals surface area contributed by atoms with Gasteiger partial charge in [-0.1, -0.05) is 30.7 Å². The minimum absolute atomic E-state index is 0.230. The highest BCUT2D eigenvalue weighted by atomic mass is 35.5. The van der Waals surface area contributed by atoms with Gasteiger partial charge < -0.3 is 10.2 Å². The Bertz CT molecular complexity index is 711. The maximum Gasteiger partial charge on any atom is 0.325 e. The SMILES string of the molecule is CC1CCC2(CC1)NC(=O)N(CC(=O)N(C)Cc1ccc(Cl)cc1)C2=O. The van der Waals surface area contributed by atoms with Crippen LogP contribution in [0.5, 0.6) is 0 Å². The smallest absolute Gasteiger partial charge is 0.325 e. The van der Waals surface area contributed by atoms with E-state index >= 15 is 0 Å². The lowest BCUT2D eigenvalue weighted by Crippen LogP contribution is -2.50. The van der Waals surface area contributed by atoms with Gasteiger partial charge in [-0.25, -0.2) is 4.79 Å². The van der Waals surface area contributed by atoms with Gasteiger partial charge in [-0.15, -0.1) is 0 Å². The highest BCUT2D eigenvalue weighted by molar-refractivity contribution is 6.30. The number of nitrogens with zero attached hydrogens (tertiary/aromatic N) is 2. The summed E-state index contributed by atoms with van der Waals surface area (Å²) in [6.07, 6.45) is 3.10. The number of benzene rings is 1. The number of urea groups is 1. The molecule has 0 aromatic heterocycles. The molecule has 4 amide bonds. The molecule has 0 radical (unpaired) electrons. The van der Waals surface area contributed by atoms with E-state index in [1.807, 2.05) is 12.1 Å². The third kappa shape index (κ3) is 3.70. The van der Waals surface area contributed by atoms with Crippen molar-refractivity contribution < 1.29 is 14.4 Å². The molecule has 1 aliphatic heterocycles. The zero-order chi connectivity index (χ0) is 18.9. The largest absolute Gasteiger partial charge is 0.340 e. The molecule has 2 aliphatic rings. The van der Waals surface area contributed by atoms with Gasteiger partial charge in [-0.3, -0.25) is 14.5 Å². The molecule has 1 heterocycles. The summed E-state index contributed by atoms with van der Waals surface area (Å²) in [5.41, 5.74) is 0.124. The Hall–Kier alpha value is -2.08. The van der Waals surface area contributed by atoms with Crippen molar-refractivity contribution in [2.45, 2.75) is 44.7 Å². The zero-order valence-corrected chi connectivity index (χ0v) is 15.9. The molecule has 1 N–H and O–H groups in total. The first-order valence-corrected chi connectivity index (χ1v) is 9.31. The Kier molecular flexibility index (Phi) is 5.23. The average Bonchev–Trinajstić information content (AvgIpc) is 2.84. The molecule has 6 nitrogen and oxygen atoms in total. The zero-order valence-electron chi connectivity index (χ0n) is 15.1. The normalized spacial score (nSPS) is 25.5. The van der Waals surface area contributed by atoms with Crippen LogP contribution >= 0.6 is 11.6 Å². The van der Waals surface area contributed by atoms with Crippen molar-refractivity contribution in [2.24, 2.45) is 5.92 Å². The van der Waals surface area contributed by atoms with Crippen LogP contribution in [0.2, 0.25) is 5.02 Å². The lowest BCUT2D eigenvalue weighted by Gasteiger charge is -2.33. The minimum atomic E-state index is -0.807. The number of rotatable bonds is 4. The van der Waals surface area contributed by atoms with Crippen molar-refractivity contribution in [3.05, 3.63) is 34.9 Å². The van der Waals surface area contributed by atoms with E-state index < -0.39 is 11.6 Å². The quantitative estimate of drug-likeness (QED) is 0.820. The predicted octanol–water partition coefficient (Wildman–Crippen LogP) is 2.80. The minimum Gasteiger partial charge on any atom is -0.340 e. The van der Waals surface area contributed by atoms with Gasteiger partial charge in [0.1, 0.15) is 12.1 Å². The monoisotopic (exact) mass is 377 g/mol. The van der Waals surface area contributed by atoms with E-state index in [2.05, 4.69) is 12.2 Å². The van der Waals surface area contributed by atoms with Crippen molar-refractivity contribution in [1.29, 1.82) is 0 Å². The van der Waals surface area contributed by atoms with E-state index in [9.17, 15) is 14.4 Å². The highest BCUT2D eigenvalue weighted by Crippen LogP contribution is 2.36. The van der Waals surface area contributed by atoms with Crippen LogP contribution in [0.25, 0.3) is 0 Å². The maximum absolute atomic E-state index is 12.8. The Morgan fingerprint density at radius 1 is 1.27 bits per heavy atom. The molecule has 1 aromatic carbocycles. The number of amides is 4. The molecule has 0 atom stereocenters. The molecule has 26 heavy (non-hydrogen) atoms. The van der Waals surface area contributed by atoms with Gasteiger partial charge in [0.05, 0.1) is 0 Å². The van der Waals surface area contributed by atoms with E-state index in [0.717, 1.165) is 23.3 Å². The molecular formula is C19H24ClN3O3. The molecule has 1 saturated heterocycles. The number of likely N-dealkylation sites (N-methyl/N-ethyl adjacent to an activating group) is 1. The first kappa shape index (κ1) is 18.7. The first-order valence-electron chi connectivity index (χ1n) is 8.93. The van der Waals surface area contributed by atoms with Gasteiger partial charge in [-0.05, 0) is 49.3 Å². The van der Waals surface area contributed by atoms with Crippen LogP contribution < -0.4 is 5.32 Å². The number of hydrogen-bond acceptors (Lipinski definition) is 3. The second-order valence-corrected chi connectivity index (χ2v) is 7.90. The summed E-state index contributed by atoms with van der Waals surface area (Å²) in [5.74, 6) is 0.0267. The second kappa shape index (κ2) is 7.27. The number of carbonyl (C=O) groups is 3. The molecule has 0 bridgehead atoms. The van der Waals surface area contributed by atoms with Crippen molar-refractivity contribution in [3.8, 4) is 0 Å². The molecule has 0 unspecified atom stereocenters. The number of nitrogens with one attached hydrogen (secondary N) is 1. The molecular weight excluding hydrogens is 354 g/mol. The summed E-state index contributed by atoms with van der Waals surface area (Å²) < 4.78 is 0. The van der Waals surface area contributed by atoms with Gasteiger partial charge in [-0.2, -0.15) is 0 Å². The van der Waals surface area contributed by atoms with Gasteiger partial charge in [0.25, 0.3) is 5.91 Å². The lowest BCUT2D eigenvalue weighted by molar-refractivity contribution is -0.139. The summed E-state index contributed by atoms with van der Waals surface area (Å²) in [6, 6.07) is 6.76. The summed E-state index contributed by atoms with van der Waals surface area (Å²) in [6.45, 7) is 2.31. The third-order valence-electron chi connectivity index (χ3n) is 5.43. The summed E-state index contributed by atoms with van der Waals surface area (Å²) in [4.78, 5) is 40.2. The highest BCUT2D eigenvalue weighted by Gasteiger charge is 2.52. The van der Waals surface area contributed by atoms with Crippen LogP contribution in [-0.2, 0) is 16.1 Å². The summed E-state index contributed by atoms with van der Waals surface area (Å²) in [7, 11) is 1.66. The molecule has 2 fully saturated rings. The van der Waals surface area contributed by atoms with E-state index in [-0.39, 0.29) is 18.4 Å². The molecule has 7 heteroatoms. The van der Waals surface area contributed by atoms with Crippen LogP contribution in [0.4, 0.5) is 4.79 Å². The summed E-state index contributed by atoms with van der Waals surface area (Å²) >= 11 is 5.87. The number of halogens is 1. The number of hydrogen-bond donors (Lipinski definition) is 1. The Labute approximate surface area is 158 Å². The maximum atomic E-state index is 12.8. The van der Waals surface area contributed by atoms with E-state index in [1.54, 1.807) is 19.2 Å². The van der Waals surface area contributed by atoms with Crippen molar-refractivity contribution in [1.82, 2.24) is 15.1 Å². The van der Waals surface area contributed by atoms with Gasteiger partial charge in [0.15, 0.2) is 0 Å². The predicted molar refractivity (Wildman–Crippen MR) is 98.5 cm³/mol. The molecule has 3 rings (SSSR count). The van der Waals surface area contributed by atoms with Crippen LogP contribution in [0.1, 0.15) is 38.2 Å². The lowest BCUT2D eigenvalue weighted by atomic mass is 9.77. The van der Waals surface area contributed by atoms with E-state index in [1.165, 1.54) is 4.90 Å². The topological polar surface area (TPSA) is 69.7 Å². The van der Waals surface area contributed by atoms with Crippen molar-refractivity contribution in [2.75, 3.05) is 13.6 Å². The first-order chi connectivity index (χ1) is 12.3. The van der Waals surface area contributed by atoms with Crippen LogP contribution in [0.3, 0.4) is 0 Å². The van der Waals surface area contributed by atoms with E-state index in [4.69, 9.17) is 11.6 Å². The van der Waals surface area contributed by atoms with Crippen molar-refractivity contribution >= 4 is 29.4 Å². The fraction of sp³-hybridized carbons (Fsp3) is 0.526. The second-order valence-electron chi connectivity index (χ2n) is 7.46.